The van der Waals surface area contributed by atoms with E-state index in [0.29, 0.717) is 27.8 Å². The molecule has 3 rings (SSSR count). The summed E-state index contributed by atoms with van der Waals surface area (Å²) in [5.74, 6) is -0.152. The number of hydrogen-bond donors (Lipinski definition) is 3. The SMILES string of the molecule is CCCOc1ccc(C(=O)NC(=S)NNC(=O)c2sc3ccccc3c2Cl)cc1. The van der Waals surface area contributed by atoms with Crippen LogP contribution in [0, 0.1) is 0 Å². The highest BCUT2D eigenvalue weighted by atomic mass is 35.5. The zero-order valence-corrected chi connectivity index (χ0v) is 17.8. The first-order valence-electron chi connectivity index (χ1n) is 8.81. The molecular formula is C20H18ClN3O3S2. The number of amides is 2. The van der Waals surface area contributed by atoms with Crippen molar-refractivity contribution in [3.05, 3.63) is 64.0 Å². The molecule has 9 heteroatoms. The molecule has 0 aliphatic rings. The first-order chi connectivity index (χ1) is 14.0. The summed E-state index contributed by atoms with van der Waals surface area (Å²) in [7, 11) is 0. The standard InChI is InChI=1S/C20H18ClN3O3S2/c1-2-11-27-13-9-7-12(8-10-13)18(25)22-20(28)24-23-19(26)17-16(21)14-5-3-4-6-15(14)29-17/h3-10H,2,11H2,1H3,(H,23,26)(H2,22,24,25,28). The number of ether oxygens (including phenoxy) is 1. The molecule has 3 N–H and O–H groups in total. The summed E-state index contributed by atoms with van der Waals surface area (Å²) in [6, 6.07) is 14.2. The van der Waals surface area contributed by atoms with Gasteiger partial charge < -0.3 is 4.74 Å². The molecule has 29 heavy (non-hydrogen) atoms. The number of thiophene rings is 1. The van der Waals surface area contributed by atoms with Gasteiger partial charge in [0.05, 0.1) is 11.6 Å². The third-order valence-electron chi connectivity index (χ3n) is 3.85. The minimum atomic E-state index is -0.440. The Kier molecular flexibility index (Phi) is 7.03. The number of fused-ring (bicyclic) bond motifs is 1. The number of nitrogens with one attached hydrogen (secondary N) is 3. The summed E-state index contributed by atoms with van der Waals surface area (Å²) in [5, 5.41) is 3.66. The molecular weight excluding hydrogens is 430 g/mol. The van der Waals surface area contributed by atoms with Crippen LogP contribution >= 0.6 is 35.2 Å². The van der Waals surface area contributed by atoms with Crippen LogP contribution < -0.4 is 20.9 Å². The van der Waals surface area contributed by atoms with Crippen molar-refractivity contribution < 1.29 is 14.3 Å². The maximum atomic E-state index is 12.4. The van der Waals surface area contributed by atoms with E-state index in [2.05, 4.69) is 16.2 Å². The van der Waals surface area contributed by atoms with Crippen molar-refractivity contribution in [1.82, 2.24) is 16.2 Å². The lowest BCUT2D eigenvalue weighted by atomic mass is 10.2. The summed E-state index contributed by atoms with van der Waals surface area (Å²) in [4.78, 5) is 25.0. The van der Waals surface area contributed by atoms with Gasteiger partial charge in [-0.2, -0.15) is 0 Å². The molecule has 0 fully saturated rings. The minimum Gasteiger partial charge on any atom is -0.494 e. The highest BCUT2D eigenvalue weighted by molar-refractivity contribution is 7.80. The van der Waals surface area contributed by atoms with Gasteiger partial charge in [-0.3, -0.25) is 25.8 Å². The van der Waals surface area contributed by atoms with E-state index in [-0.39, 0.29) is 5.11 Å². The van der Waals surface area contributed by atoms with Crippen LogP contribution in [-0.4, -0.2) is 23.5 Å². The molecule has 0 saturated heterocycles. The average molecular weight is 448 g/mol. The van der Waals surface area contributed by atoms with Crippen molar-refractivity contribution in [3.8, 4) is 5.75 Å². The molecule has 0 bridgehead atoms. The fourth-order valence-corrected chi connectivity index (χ4v) is 4.02. The third kappa shape index (κ3) is 5.23. The Morgan fingerprint density at radius 2 is 1.79 bits per heavy atom. The van der Waals surface area contributed by atoms with Crippen molar-refractivity contribution in [1.29, 1.82) is 0 Å². The molecule has 0 atom stereocenters. The molecule has 1 aromatic heterocycles. The number of halogens is 1. The normalized spacial score (nSPS) is 10.4. The number of hydrogen-bond acceptors (Lipinski definition) is 5. The second-order valence-corrected chi connectivity index (χ2v) is 7.81. The van der Waals surface area contributed by atoms with Crippen LogP contribution in [-0.2, 0) is 0 Å². The molecule has 0 saturated carbocycles. The number of carbonyl (C=O) groups is 2. The first-order valence-corrected chi connectivity index (χ1v) is 10.4. The van der Waals surface area contributed by atoms with Crippen molar-refractivity contribution in [2.45, 2.75) is 13.3 Å². The van der Waals surface area contributed by atoms with Gasteiger partial charge >= 0.3 is 0 Å². The molecule has 1 heterocycles. The molecule has 0 aliphatic heterocycles. The number of carbonyl (C=O) groups excluding carboxylic acids is 2. The van der Waals surface area contributed by atoms with Crippen LogP contribution in [0.4, 0.5) is 0 Å². The molecule has 0 aliphatic carbocycles. The Balaban J connectivity index is 1.54. The van der Waals surface area contributed by atoms with E-state index in [9.17, 15) is 9.59 Å². The molecule has 3 aromatic rings. The van der Waals surface area contributed by atoms with Gasteiger partial charge in [-0.15, -0.1) is 11.3 Å². The molecule has 2 amide bonds. The van der Waals surface area contributed by atoms with Gasteiger partial charge in [0.25, 0.3) is 11.8 Å². The Morgan fingerprint density at radius 1 is 1.07 bits per heavy atom. The van der Waals surface area contributed by atoms with Gasteiger partial charge in [-0.05, 0) is 49.0 Å². The Hall–Kier alpha value is -2.68. The second kappa shape index (κ2) is 9.69. The van der Waals surface area contributed by atoms with E-state index in [1.54, 1.807) is 24.3 Å². The summed E-state index contributed by atoms with van der Waals surface area (Å²) >= 11 is 12.6. The second-order valence-electron chi connectivity index (χ2n) is 5.98. The van der Waals surface area contributed by atoms with Gasteiger partial charge in [0, 0.05) is 15.6 Å². The third-order valence-corrected chi connectivity index (χ3v) is 5.73. The molecule has 0 spiro atoms. The molecule has 0 radical (unpaired) electrons. The lowest BCUT2D eigenvalue weighted by molar-refractivity contribution is 0.0938. The fraction of sp³-hybridized carbons (Fsp3) is 0.150. The summed E-state index contributed by atoms with van der Waals surface area (Å²) in [6.45, 7) is 2.63. The Morgan fingerprint density at radius 3 is 2.48 bits per heavy atom. The predicted octanol–water partition coefficient (Wildman–Crippen LogP) is 4.29. The lowest BCUT2D eigenvalue weighted by Crippen LogP contribution is -2.48. The van der Waals surface area contributed by atoms with Gasteiger partial charge in [0.2, 0.25) is 0 Å². The smallest absolute Gasteiger partial charge is 0.281 e. The lowest BCUT2D eigenvalue weighted by Gasteiger charge is -2.11. The zero-order valence-electron chi connectivity index (χ0n) is 15.5. The van der Waals surface area contributed by atoms with E-state index in [1.807, 2.05) is 31.2 Å². The number of benzene rings is 2. The van der Waals surface area contributed by atoms with Crippen molar-refractivity contribution >= 4 is 62.2 Å². The fourth-order valence-electron chi connectivity index (χ4n) is 2.46. The number of rotatable bonds is 5. The molecule has 0 unspecified atom stereocenters. The van der Waals surface area contributed by atoms with E-state index in [0.717, 1.165) is 16.5 Å². The van der Waals surface area contributed by atoms with E-state index in [4.69, 9.17) is 28.6 Å². The van der Waals surface area contributed by atoms with E-state index >= 15 is 0 Å². The molecule has 2 aromatic carbocycles. The van der Waals surface area contributed by atoms with Crippen molar-refractivity contribution in [2.24, 2.45) is 0 Å². The summed E-state index contributed by atoms with van der Waals surface area (Å²) < 4.78 is 6.39. The number of thiocarbonyl (C=S) groups is 1. The van der Waals surface area contributed by atoms with Gasteiger partial charge in [0.1, 0.15) is 10.6 Å². The Labute approximate surface area is 182 Å². The average Bonchev–Trinajstić information content (AvgIpc) is 3.07. The van der Waals surface area contributed by atoms with Gasteiger partial charge in [-0.1, -0.05) is 36.7 Å². The van der Waals surface area contributed by atoms with Crippen molar-refractivity contribution in [3.63, 3.8) is 0 Å². The van der Waals surface area contributed by atoms with Crippen LogP contribution in [0.15, 0.2) is 48.5 Å². The van der Waals surface area contributed by atoms with Crippen LogP contribution in [0.1, 0.15) is 33.4 Å². The predicted molar refractivity (Wildman–Crippen MR) is 120 cm³/mol. The number of hydrazine groups is 1. The topological polar surface area (TPSA) is 79.5 Å². The van der Waals surface area contributed by atoms with Crippen LogP contribution in [0.3, 0.4) is 0 Å². The van der Waals surface area contributed by atoms with Crippen LogP contribution in [0.25, 0.3) is 10.1 Å². The largest absolute Gasteiger partial charge is 0.494 e. The Bertz CT molecular complexity index is 1050. The maximum Gasteiger partial charge on any atom is 0.281 e. The highest BCUT2D eigenvalue weighted by Crippen LogP contribution is 2.34. The highest BCUT2D eigenvalue weighted by Gasteiger charge is 2.17. The van der Waals surface area contributed by atoms with Crippen LogP contribution in [0.2, 0.25) is 5.02 Å². The van der Waals surface area contributed by atoms with E-state index < -0.39 is 11.8 Å². The summed E-state index contributed by atoms with van der Waals surface area (Å²) in [6.07, 6.45) is 0.903. The first kappa shape index (κ1) is 21.0. The van der Waals surface area contributed by atoms with E-state index in [1.165, 1.54) is 11.3 Å². The molecule has 6 nitrogen and oxygen atoms in total. The van der Waals surface area contributed by atoms with Gasteiger partial charge in [0.15, 0.2) is 5.11 Å². The summed E-state index contributed by atoms with van der Waals surface area (Å²) in [5.41, 5.74) is 5.38. The van der Waals surface area contributed by atoms with Crippen LogP contribution in [0.5, 0.6) is 5.75 Å². The zero-order chi connectivity index (χ0) is 20.8. The molecule has 150 valence electrons. The minimum absolute atomic E-state index is 0.0353. The quantitative estimate of drug-likeness (QED) is 0.401. The van der Waals surface area contributed by atoms with Gasteiger partial charge in [-0.25, -0.2) is 0 Å². The maximum absolute atomic E-state index is 12.4. The van der Waals surface area contributed by atoms with Crippen molar-refractivity contribution in [2.75, 3.05) is 6.61 Å². The monoisotopic (exact) mass is 447 g/mol.